The Morgan fingerprint density at radius 1 is 0.478 bits per heavy atom. The number of carbonyl (C=O) groups is 1. The molecule has 0 radical (unpaired) electrons. The van der Waals surface area contributed by atoms with Crippen molar-refractivity contribution in [2.75, 3.05) is 0 Å². The van der Waals surface area contributed by atoms with Crippen LogP contribution in [-0.2, 0) is 17.6 Å². The maximum absolute atomic E-state index is 12.5. The van der Waals surface area contributed by atoms with Gasteiger partial charge in [-0.3, -0.25) is 4.79 Å². The van der Waals surface area contributed by atoms with E-state index in [0.717, 1.165) is 49.4 Å². The van der Waals surface area contributed by atoms with Crippen LogP contribution in [0.1, 0.15) is 202 Å². The Kier molecular flexibility index (Phi) is 17.6. The van der Waals surface area contributed by atoms with E-state index in [0.29, 0.717) is 5.78 Å². The number of unbranched alkanes of at least 4 members (excludes halogenated alkanes) is 8. The van der Waals surface area contributed by atoms with Gasteiger partial charge in [-0.15, -0.1) is 0 Å². The molecule has 1 heteroatoms. The highest BCUT2D eigenvalue weighted by atomic mass is 16.1. The van der Waals surface area contributed by atoms with Crippen molar-refractivity contribution in [1.29, 1.82) is 0 Å². The summed E-state index contributed by atoms with van der Waals surface area (Å²) < 4.78 is 0. The number of hydrogen-bond donors (Lipinski definition) is 0. The van der Waals surface area contributed by atoms with Crippen LogP contribution in [0.3, 0.4) is 0 Å². The quantitative estimate of drug-likeness (QED) is 0.119. The number of aryl methyl sites for hydroxylation is 2. The van der Waals surface area contributed by atoms with Crippen molar-refractivity contribution in [3.05, 3.63) is 70.8 Å². The van der Waals surface area contributed by atoms with Gasteiger partial charge in [0.1, 0.15) is 5.78 Å². The van der Waals surface area contributed by atoms with Gasteiger partial charge in [0.05, 0.1) is 0 Å². The van der Waals surface area contributed by atoms with E-state index in [4.69, 9.17) is 0 Å². The summed E-state index contributed by atoms with van der Waals surface area (Å²) in [4.78, 5) is 12.5. The molecule has 1 nitrogen and oxygen atoms in total. The van der Waals surface area contributed by atoms with Crippen LogP contribution in [0.5, 0.6) is 0 Å². The van der Waals surface area contributed by atoms with Gasteiger partial charge in [-0.25, -0.2) is 0 Å². The Bertz CT molecular complexity index is 964. The van der Waals surface area contributed by atoms with Gasteiger partial charge in [0, 0.05) is 12.8 Å². The summed E-state index contributed by atoms with van der Waals surface area (Å²) >= 11 is 0. The lowest BCUT2D eigenvalue weighted by molar-refractivity contribution is -0.119. The molecule has 2 saturated carbocycles. The van der Waals surface area contributed by atoms with Crippen molar-refractivity contribution >= 4 is 5.78 Å². The molecule has 2 aliphatic rings. The number of Topliss-reactive ketones (excluding diaryl/α,β-unsaturated/α-hetero) is 1. The third-order valence-corrected chi connectivity index (χ3v) is 11.9. The summed E-state index contributed by atoms with van der Waals surface area (Å²) in [6, 6.07) is 19.2. The largest absolute Gasteiger partial charge is 0.300 e. The Balaban J connectivity index is 0.952. The lowest BCUT2D eigenvalue weighted by Crippen LogP contribution is -2.13. The first kappa shape index (κ1) is 36.9. The van der Waals surface area contributed by atoms with E-state index in [-0.39, 0.29) is 0 Å². The first-order valence-corrected chi connectivity index (χ1v) is 20.3. The van der Waals surface area contributed by atoms with E-state index >= 15 is 0 Å². The third kappa shape index (κ3) is 13.7. The standard InChI is InChI=1S/C45H70O/c1-3-5-9-15-37-21-29-41(30-22-37)43-33-25-39(26-34-43)17-11-7-13-19-45(46)20-14-8-12-18-40-27-35-44(36-28-40)42-31-23-38(24-32-42)16-10-6-4-2/h21-24,29-32,39-40,43-44H,3-20,25-28,33-36H2,1-2H3. The smallest absolute Gasteiger partial charge is 0.132 e. The monoisotopic (exact) mass is 627 g/mol. The molecule has 0 unspecified atom stereocenters. The Labute approximate surface area is 285 Å². The molecule has 0 N–H and O–H groups in total. The zero-order valence-electron chi connectivity index (χ0n) is 30.2. The number of carbonyl (C=O) groups excluding carboxylic acids is 1. The van der Waals surface area contributed by atoms with Crippen LogP contribution < -0.4 is 0 Å². The number of benzene rings is 2. The molecule has 2 aromatic rings. The summed E-state index contributed by atoms with van der Waals surface area (Å²) in [5, 5.41) is 0. The lowest BCUT2D eigenvalue weighted by Gasteiger charge is -2.29. The fraction of sp³-hybridized carbons (Fsp3) is 0.711. The van der Waals surface area contributed by atoms with Crippen molar-refractivity contribution in [3.8, 4) is 0 Å². The molecule has 2 fully saturated rings. The topological polar surface area (TPSA) is 17.1 Å². The van der Waals surface area contributed by atoms with Crippen molar-refractivity contribution in [2.45, 2.75) is 193 Å². The Hall–Kier alpha value is -1.89. The minimum Gasteiger partial charge on any atom is -0.300 e. The highest BCUT2D eigenvalue weighted by Gasteiger charge is 2.23. The fourth-order valence-corrected chi connectivity index (χ4v) is 8.63. The highest BCUT2D eigenvalue weighted by molar-refractivity contribution is 5.78. The van der Waals surface area contributed by atoms with Gasteiger partial charge in [0.15, 0.2) is 0 Å². The predicted molar refractivity (Wildman–Crippen MR) is 200 cm³/mol. The van der Waals surface area contributed by atoms with E-state index in [1.807, 2.05) is 0 Å². The van der Waals surface area contributed by atoms with Gasteiger partial charge < -0.3 is 0 Å². The fourth-order valence-electron chi connectivity index (χ4n) is 8.63. The summed E-state index contributed by atoms with van der Waals surface area (Å²) in [6.45, 7) is 4.56. The van der Waals surface area contributed by atoms with E-state index in [2.05, 4.69) is 62.4 Å². The molecule has 0 bridgehead atoms. The van der Waals surface area contributed by atoms with Crippen molar-refractivity contribution in [2.24, 2.45) is 11.8 Å². The zero-order valence-corrected chi connectivity index (χ0v) is 30.2. The number of hydrogen-bond acceptors (Lipinski definition) is 1. The van der Waals surface area contributed by atoms with Gasteiger partial charge in [-0.1, -0.05) is 127 Å². The lowest BCUT2D eigenvalue weighted by atomic mass is 9.77. The molecule has 4 rings (SSSR count). The second-order valence-electron chi connectivity index (χ2n) is 15.6. The van der Waals surface area contributed by atoms with Crippen LogP contribution in [0.2, 0.25) is 0 Å². The van der Waals surface area contributed by atoms with E-state index in [9.17, 15) is 4.79 Å². The van der Waals surface area contributed by atoms with Gasteiger partial charge >= 0.3 is 0 Å². The second-order valence-corrected chi connectivity index (χ2v) is 15.6. The minimum atomic E-state index is 0.522. The van der Waals surface area contributed by atoms with Gasteiger partial charge in [0.2, 0.25) is 0 Å². The summed E-state index contributed by atoms with van der Waals surface area (Å²) in [6.07, 6.45) is 33.3. The first-order chi connectivity index (χ1) is 22.6. The predicted octanol–water partition coefficient (Wildman–Crippen LogP) is 13.9. The molecule has 0 atom stereocenters. The molecule has 2 aliphatic carbocycles. The van der Waals surface area contributed by atoms with Crippen LogP contribution >= 0.6 is 0 Å². The summed E-state index contributed by atoms with van der Waals surface area (Å²) in [7, 11) is 0. The normalized spacial score (nSPS) is 21.8. The average Bonchev–Trinajstić information content (AvgIpc) is 3.09. The molecule has 2 aromatic carbocycles. The number of rotatable bonds is 22. The van der Waals surface area contributed by atoms with E-state index in [1.165, 1.54) is 152 Å². The van der Waals surface area contributed by atoms with Crippen molar-refractivity contribution < 1.29 is 4.79 Å². The third-order valence-electron chi connectivity index (χ3n) is 11.9. The van der Waals surface area contributed by atoms with Crippen LogP contribution in [0.15, 0.2) is 48.5 Å². The minimum absolute atomic E-state index is 0.522. The van der Waals surface area contributed by atoms with E-state index in [1.54, 1.807) is 11.1 Å². The zero-order chi connectivity index (χ0) is 32.2. The molecule has 46 heavy (non-hydrogen) atoms. The Morgan fingerprint density at radius 3 is 1.24 bits per heavy atom. The molecule has 0 spiro atoms. The molecule has 0 aliphatic heterocycles. The van der Waals surface area contributed by atoms with Gasteiger partial charge in [0.25, 0.3) is 0 Å². The maximum atomic E-state index is 12.5. The molecule has 0 saturated heterocycles. The number of ketones is 1. The van der Waals surface area contributed by atoms with Crippen LogP contribution in [0.25, 0.3) is 0 Å². The molecule has 0 aromatic heterocycles. The van der Waals surface area contributed by atoms with Crippen molar-refractivity contribution in [3.63, 3.8) is 0 Å². The second kappa shape index (κ2) is 21.9. The van der Waals surface area contributed by atoms with Crippen molar-refractivity contribution in [1.82, 2.24) is 0 Å². The molecular formula is C45H70O. The average molecular weight is 627 g/mol. The SMILES string of the molecule is CCCCCc1ccc(C2CCC(CCCCCC(=O)CCCCCC3CCC(c4ccc(CCCCC)cc4)CC3)CC2)cc1. The highest BCUT2D eigenvalue weighted by Crippen LogP contribution is 2.39. The molecule has 256 valence electrons. The summed E-state index contributed by atoms with van der Waals surface area (Å²) in [5.41, 5.74) is 6.19. The Morgan fingerprint density at radius 2 is 0.870 bits per heavy atom. The van der Waals surface area contributed by atoms with E-state index < -0.39 is 0 Å². The van der Waals surface area contributed by atoms with Crippen LogP contribution in [0, 0.1) is 11.8 Å². The van der Waals surface area contributed by atoms with Crippen LogP contribution in [-0.4, -0.2) is 5.78 Å². The van der Waals surface area contributed by atoms with Gasteiger partial charge in [-0.2, -0.15) is 0 Å². The molecular weight excluding hydrogens is 556 g/mol. The maximum Gasteiger partial charge on any atom is 0.132 e. The van der Waals surface area contributed by atoms with Crippen LogP contribution in [0.4, 0.5) is 0 Å². The molecule has 0 heterocycles. The van der Waals surface area contributed by atoms with Gasteiger partial charge in [-0.05, 0) is 136 Å². The first-order valence-electron chi connectivity index (χ1n) is 20.3. The summed E-state index contributed by atoms with van der Waals surface area (Å²) in [5.74, 6) is 3.92. The molecule has 0 amide bonds.